The quantitative estimate of drug-likeness (QED) is 0.482. The first-order valence-corrected chi connectivity index (χ1v) is 10.1. The number of para-hydroxylation sites is 1. The molecule has 0 aliphatic heterocycles. The number of carbonyl (C=O) groups is 1. The molecule has 0 aliphatic rings. The number of amides is 1. The minimum atomic E-state index is -0.111. The van der Waals surface area contributed by atoms with Crippen LogP contribution in [0.15, 0.2) is 61.2 Å². The third-order valence-electron chi connectivity index (χ3n) is 5.06. The lowest BCUT2D eigenvalue weighted by Gasteiger charge is -2.16. The molecule has 4 rings (SSSR count). The zero-order valence-electron chi connectivity index (χ0n) is 17.8. The summed E-state index contributed by atoms with van der Waals surface area (Å²) >= 11 is 0. The molecule has 0 saturated carbocycles. The number of rotatable bonds is 6. The van der Waals surface area contributed by atoms with Gasteiger partial charge >= 0.3 is 0 Å². The van der Waals surface area contributed by atoms with Gasteiger partial charge in [-0.3, -0.25) is 14.8 Å². The van der Waals surface area contributed by atoms with Gasteiger partial charge in [-0.05, 0) is 30.7 Å². The van der Waals surface area contributed by atoms with Crippen molar-refractivity contribution in [3.63, 3.8) is 0 Å². The molecule has 1 aromatic carbocycles. The van der Waals surface area contributed by atoms with Crippen LogP contribution < -0.4 is 10.6 Å². The zero-order valence-corrected chi connectivity index (χ0v) is 17.8. The first-order chi connectivity index (χ1) is 15.0. The summed E-state index contributed by atoms with van der Waals surface area (Å²) in [6.45, 7) is 6.29. The van der Waals surface area contributed by atoms with Gasteiger partial charge in [0.25, 0.3) is 0 Å². The molecule has 3 aromatic heterocycles. The number of nitrogens with zero attached hydrogens (tertiary/aromatic N) is 4. The van der Waals surface area contributed by atoms with Crippen LogP contribution in [0.4, 0.5) is 11.5 Å². The second-order valence-corrected chi connectivity index (χ2v) is 7.58. The Morgan fingerprint density at radius 3 is 2.68 bits per heavy atom. The second kappa shape index (κ2) is 8.87. The van der Waals surface area contributed by atoms with E-state index in [0.717, 1.165) is 39.2 Å². The minimum Gasteiger partial charge on any atom is -0.369 e. The van der Waals surface area contributed by atoms with E-state index < -0.39 is 0 Å². The number of aryl methyl sites for hydroxylation is 1. The summed E-state index contributed by atoms with van der Waals surface area (Å²) in [5.74, 6) is 0.848. The third kappa shape index (κ3) is 4.83. The molecule has 0 bridgehead atoms. The minimum absolute atomic E-state index is 0.111. The molecule has 1 atom stereocenters. The van der Waals surface area contributed by atoms with Crippen LogP contribution in [-0.2, 0) is 4.79 Å². The number of hydrogen-bond donors (Lipinski definition) is 2. The number of aromatic nitrogens is 4. The Morgan fingerprint density at radius 1 is 1.03 bits per heavy atom. The van der Waals surface area contributed by atoms with E-state index in [0.29, 0.717) is 12.2 Å². The van der Waals surface area contributed by atoms with Crippen molar-refractivity contribution < 1.29 is 4.79 Å². The monoisotopic (exact) mass is 412 g/mol. The number of fused-ring (bicyclic) bond motifs is 1. The number of nitrogens with one attached hydrogen (secondary N) is 2. The largest absolute Gasteiger partial charge is 0.369 e. The maximum atomic E-state index is 11.3. The van der Waals surface area contributed by atoms with Crippen LogP contribution in [0.2, 0.25) is 0 Å². The van der Waals surface area contributed by atoms with E-state index in [1.54, 1.807) is 12.5 Å². The fraction of sp³-hybridized carbons (Fsp3) is 0.208. The first kappa shape index (κ1) is 20.4. The van der Waals surface area contributed by atoms with Gasteiger partial charge in [0.15, 0.2) is 0 Å². The van der Waals surface area contributed by atoms with E-state index in [1.807, 2.05) is 49.5 Å². The van der Waals surface area contributed by atoms with Crippen molar-refractivity contribution in [1.29, 1.82) is 0 Å². The fourth-order valence-corrected chi connectivity index (χ4v) is 3.45. The van der Waals surface area contributed by atoms with E-state index in [1.165, 1.54) is 6.92 Å². The molecule has 156 valence electrons. The normalized spacial score (nSPS) is 11.8. The molecule has 0 unspecified atom stereocenters. The Kier molecular flexibility index (Phi) is 5.84. The highest BCUT2D eigenvalue weighted by Crippen LogP contribution is 2.26. The Labute approximate surface area is 181 Å². The van der Waals surface area contributed by atoms with E-state index >= 15 is 0 Å². The molecule has 7 heteroatoms. The molecule has 0 aliphatic carbocycles. The third-order valence-corrected chi connectivity index (χ3v) is 5.06. The summed E-state index contributed by atoms with van der Waals surface area (Å²) in [7, 11) is 0. The SMILES string of the molecule is CC(=O)Nc1cnc2c([C@H](C)CNc3cc(-c4ccc(C)nc4)ncn3)cccc2c1. The van der Waals surface area contributed by atoms with Crippen LogP contribution in [0, 0.1) is 6.92 Å². The smallest absolute Gasteiger partial charge is 0.221 e. The highest BCUT2D eigenvalue weighted by Gasteiger charge is 2.12. The van der Waals surface area contributed by atoms with E-state index in [-0.39, 0.29) is 11.8 Å². The maximum Gasteiger partial charge on any atom is 0.221 e. The molecule has 31 heavy (non-hydrogen) atoms. The molecular weight excluding hydrogens is 388 g/mol. The van der Waals surface area contributed by atoms with Crippen LogP contribution in [0.25, 0.3) is 22.2 Å². The van der Waals surface area contributed by atoms with Crippen molar-refractivity contribution in [2.75, 3.05) is 17.2 Å². The maximum absolute atomic E-state index is 11.3. The molecule has 0 fully saturated rings. The average molecular weight is 412 g/mol. The second-order valence-electron chi connectivity index (χ2n) is 7.58. The molecule has 0 radical (unpaired) electrons. The van der Waals surface area contributed by atoms with Gasteiger partial charge in [-0.15, -0.1) is 0 Å². The zero-order chi connectivity index (χ0) is 21.8. The van der Waals surface area contributed by atoms with Crippen molar-refractivity contribution in [1.82, 2.24) is 19.9 Å². The van der Waals surface area contributed by atoms with Crippen LogP contribution in [0.3, 0.4) is 0 Å². The Bertz CT molecular complexity index is 1220. The predicted molar refractivity (Wildman–Crippen MR) is 123 cm³/mol. The van der Waals surface area contributed by atoms with Crippen molar-refractivity contribution in [2.24, 2.45) is 0 Å². The van der Waals surface area contributed by atoms with Gasteiger partial charge in [-0.25, -0.2) is 9.97 Å². The van der Waals surface area contributed by atoms with Crippen LogP contribution >= 0.6 is 0 Å². The van der Waals surface area contributed by atoms with E-state index in [4.69, 9.17) is 0 Å². The van der Waals surface area contributed by atoms with Gasteiger partial charge < -0.3 is 10.6 Å². The van der Waals surface area contributed by atoms with Gasteiger partial charge in [0.2, 0.25) is 5.91 Å². The van der Waals surface area contributed by atoms with Crippen LogP contribution in [0.1, 0.15) is 31.0 Å². The summed E-state index contributed by atoms with van der Waals surface area (Å²) in [5.41, 5.74) is 5.52. The Hall–Kier alpha value is -3.87. The lowest BCUT2D eigenvalue weighted by molar-refractivity contribution is -0.114. The highest BCUT2D eigenvalue weighted by atomic mass is 16.1. The first-order valence-electron chi connectivity index (χ1n) is 10.1. The van der Waals surface area contributed by atoms with Crippen molar-refractivity contribution in [3.8, 4) is 11.3 Å². The summed E-state index contributed by atoms with van der Waals surface area (Å²) in [5, 5.41) is 7.18. The predicted octanol–water partition coefficient (Wildman–Crippen LogP) is 4.57. The van der Waals surface area contributed by atoms with Gasteiger partial charge in [0.1, 0.15) is 12.1 Å². The molecule has 3 heterocycles. The lowest BCUT2D eigenvalue weighted by atomic mass is 9.97. The molecule has 7 nitrogen and oxygen atoms in total. The fourth-order valence-electron chi connectivity index (χ4n) is 3.45. The van der Waals surface area contributed by atoms with Gasteiger partial charge in [0, 0.05) is 48.3 Å². The van der Waals surface area contributed by atoms with Crippen molar-refractivity contribution in [2.45, 2.75) is 26.7 Å². The van der Waals surface area contributed by atoms with Crippen LogP contribution in [-0.4, -0.2) is 32.4 Å². The van der Waals surface area contributed by atoms with Gasteiger partial charge in [0.05, 0.1) is 23.1 Å². The Morgan fingerprint density at radius 2 is 1.90 bits per heavy atom. The molecule has 0 spiro atoms. The standard InChI is InChI=1S/C24H24N6O/c1-15(21-6-4-5-18-9-20(30-17(3)31)13-27-24(18)21)11-26-23-10-22(28-14-29-23)19-8-7-16(2)25-12-19/h4-10,12-15H,11H2,1-3H3,(H,30,31)(H,26,28,29)/t15-/m1/s1. The van der Waals surface area contributed by atoms with E-state index in [9.17, 15) is 4.79 Å². The van der Waals surface area contributed by atoms with Crippen molar-refractivity contribution in [3.05, 3.63) is 72.4 Å². The number of anilines is 2. The number of benzene rings is 1. The van der Waals surface area contributed by atoms with Crippen molar-refractivity contribution >= 4 is 28.3 Å². The summed E-state index contributed by atoms with van der Waals surface area (Å²) in [6.07, 6.45) is 5.08. The number of hydrogen-bond acceptors (Lipinski definition) is 6. The molecule has 2 N–H and O–H groups in total. The summed E-state index contributed by atoms with van der Waals surface area (Å²) in [4.78, 5) is 29.0. The highest BCUT2D eigenvalue weighted by molar-refractivity contribution is 5.92. The topological polar surface area (TPSA) is 92.7 Å². The summed E-state index contributed by atoms with van der Waals surface area (Å²) in [6, 6.07) is 14.0. The molecule has 0 saturated heterocycles. The van der Waals surface area contributed by atoms with Gasteiger partial charge in [-0.1, -0.05) is 25.1 Å². The molecule has 4 aromatic rings. The molecular formula is C24H24N6O. The lowest BCUT2D eigenvalue weighted by Crippen LogP contribution is -2.12. The number of carbonyl (C=O) groups excluding carboxylic acids is 1. The van der Waals surface area contributed by atoms with Crippen LogP contribution in [0.5, 0.6) is 0 Å². The number of pyridine rings is 2. The summed E-state index contributed by atoms with van der Waals surface area (Å²) < 4.78 is 0. The van der Waals surface area contributed by atoms with Gasteiger partial charge in [-0.2, -0.15) is 0 Å². The Balaban J connectivity index is 1.50. The average Bonchev–Trinajstić information content (AvgIpc) is 2.77. The molecule has 1 amide bonds. The van der Waals surface area contributed by atoms with E-state index in [2.05, 4.69) is 43.6 Å².